The maximum absolute atomic E-state index is 12.3. The van der Waals surface area contributed by atoms with Crippen molar-refractivity contribution in [3.63, 3.8) is 0 Å². The highest BCUT2D eigenvalue weighted by atomic mass is 16.4. The van der Waals surface area contributed by atoms with Crippen LogP contribution in [0.3, 0.4) is 0 Å². The molecule has 2 rings (SSSR count). The number of aromatic nitrogens is 2. The smallest absolute Gasteiger partial charge is 0.344 e. The molecule has 0 radical (unpaired) electrons. The first-order valence-electron chi connectivity index (χ1n) is 8.36. The highest BCUT2D eigenvalue weighted by Gasteiger charge is 2.17. The molecule has 0 fully saturated rings. The predicted octanol–water partition coefficient (Wildman–Crippen LogP) is 2.47. The van der Waals surface area contributed by atoms with Crippen molar-refractivity contribution in [1.82, 2.24) is 9.97 Å². The number of carboxylic acids is 2. The number of fused-ring (bicyclic) bond motifs is 1. The first kappa shape index (κ1) is 19.8. The molecular weight excluding hydrogens is 352 g/mol. The van der Waals surface area contributed by atoms with Crippen molar-refractivity contribution in [1.29, 1.82) is 0 Å². The summed E-state index contributed by atoms with van der Waals surface area (Å²) >= 11 is 0. The fourth-order valence-electron chi connectivity index (χ4n) is 2.51. The van der Waals surface area contributed by atoms with Crippen LogP contribution < -0.4 is 10.6 Å². The van der Waals surface area contributed by atoms with Gasteiger partial charge >= 0.3 is 11.9 Å². The fourth-order valence-corrected chi connectivity index (χ4v) is 2.51. The zero-order valence-corrected chi connectivity index (χ0v) is 14.9. The maximum atomic E-state index is 12.3. The van der Waals surface area contributed by atoms with E-state index >= 15 is 0 Å². The van der Waals surface area contributed by atoms with Gasteiger partial charge in [0.1, 0.15) is 12.1 Å². The molecule has 1 amide bonds. The molecule has 0 atom stereocenters. The van der Waals surface area contributed by atoms with Crippen molar-refractivity contribution in [2.45, 2.75) is 26.7 Å². The Balaban J connectivity index is 2.36. The Kier molecular flexibility index (Phi) is 6.42. The summed E-state index contributed by atoms with van der Waals surface area (Å²) in [5, 5.41) is 23.7. The fraction of sp³-hybridized carbons (Fsp3) is 0.278. The lowest BCUT2D eigenvalue weighted by Crippen LogP contribution is -2.21. The van der Waals surface area contributed by atoms with E-state index in [1.807, 2.05) is 13.8 Å². The van der Waals surface area contributed by atoms with Crippen LogP contribution in [0.25, 0.3) is 10.9 Å². The number of nitrogens with one attached hydrogen (secondary N) is 2. The lowest BCUT2D eigenvalue weighted by atomic mass is 10.0. The van der Waals surface area contributed by atoms with E-state index in [2.05, 4.69) is 20.6 Å². The summed E-state index contributed by atoms with van der Waals surface area (Å²) in [6, 6.07) is 5.03. The van der Waals surface area contributed by atoms with Crippen molar-refractivity contribution in [2.75, 3.05) is 10.6 Å². The summed E-state index contributed by atoms with van der Waals surface area (Å²) in [5.41, 5.74) is 0.256. The maximum Gasteiger partial charge on any atom is 0.344 e. The summed E-state index contributed by atoms with van der Waals surface area (Å²) < 4.78 is 0. The van der Waals surface area contributed by atoms with Crippen molar-refractivity contribution in [2.24, 2.45) is 5.92 Å². The molecule has 0 aliphatic carbocycles. The van der Waals surface area contributed by atoms with Crippen LogP contribution in [0.4, 0.5) is 11.5 Å². The molecule has 1 aromatic carbocycles. The normalized spacial score (nSPS) is 10.5. The number of nitrogens with zero attached hydrogens (tertiary/aromatic N) is 2. The van der Waals surface area contributed by atoms with Crippen LogP contribution in [0.2, 0.25) is 0 Å². The van der Waals surface area contributed by atoms with Crippen LogP contribution in [0, 0.1) is 5.92 Å². The second kappa shape index (κ2) is 8.75. The van der Waals surface area contributed by atoms with E-state index in [1.165, 1.54) is 6.33 Å². The second-order valence-corrected chi connectivity index (χ2v) is 5.77. The van der Waals surface area contributed by atoms with Gasteiger partial charge in [-0.1, -0.05) is 13.8 Å². The van der Waals surface area contributed by atoms with Gasteiger partial charge in [-0.05, 0) is 31.0 Å². The molecular formula is C18H20N4O5. The van der Waals surface area contributed by atoms with Gasteiger partial charge < -0.3 is 20.8 Å². The Hall–Kier alpha value is -3.49. The Labute approximate surface area is 155 Å². The van der Waals surface area contributed by atoms with Crippen molar-refractivity contribution >= 4 is 40.3 Å². The average molecular weight is 372 g/mol. The quantitative estimate of drug-likeness (QED) is 0.314. The molecule has 142 valence electrons. The third-order valence-corrected chi connectivity index (χ3v) is 4.07. The van der Waals surface area contributed by atoms with Crippen LogP contribution in [0.1, 0.15) is 26.7 Å². The van der Waals surface area contributed by atoms with E-state index in [-0.39, 0.29) is 17.6 Å². The predicted molar refractivity (Wildman–Crippen MR) is 99.2 cm³/mol. The van der Waals surface area contributed by atoms with Gasteiger partial charge in [0.25, 0.3) is 0 Å². The Morgan fingerprint density at radius 3 is 2.37 bits per heavy atom. The molecule has 9 nitrogen and oxygen atoms in total. The van der Waals surface area contributed by atoms with Gasteiger partial charge in [0.2, 0.25) is 5.91 Å². The molecule has 0 bridgehead atoms. The number of carbonyl (C=O) groups excluding carboxylic acids is 1. The molecule has 4 N–H and O–H groups in total. The number of hydrogen-bond acceptors (Lipinski definition) is 6. The molecule has 2 aromatic rings. The lowest BCUT2D eigenvalue weighted by Gasteiger charge is -2.13. The summed E-state index contributed by atoms with van der Waals surface area (Å²) in [6.45, 7) is 3.89. The highest BCUT2D eigenvalue weighted by Crippen LogP contribution is 2.24. The largest absolute Gasteiger partial charge is 0.477 e. The van der Waals surface area contributed by atoms with Crippen molar-refractivity contribution in [3.8, 4) is 0 Å². The molecule has 0 saturated carbocycles. The topological polar surface area (TPSA) is 142 Å². The minimum Gasteiger partial charge on any atom is -0.477 e. The summed E-state index contributed by atoms with van der Waals surface area (Å²) in [6.07, 6.45) is 3.57. The number of carbonyl (C=O) groups is 3. The molecule has 1 aromatic heterocycles. The van der Waals surface area contributed by atoms with Gasteiger partial charge in [-0.2, -0.15) is 0 Å². The Bertz CT molecular complexity index is 890. The standard InChI is InChI=1S/C18H20N4O5/c1-3-10(4-2)16(23)22-11-5-6-14-12(7-11)15(21-9-20-14)19-8-13(17(24)25)18(26)27/h5-10H,3-4H2,1-2H3,(H,22,23)(H,24,25)(H,26,27)(H,19,20,21). The molecule has 0 spiro atoms. The average Bonchev–Trinajstić information content (AvgIpc) is 2.62. The minimum absolute atomic E-state index is 0.0929. The van der Waals surface area contributed by atoms with E-state index in [9.17, 15) is 14.4 Å². The molecule has 9 heteroatoms. The number of anilines is 2. The highest BCUT2D eigenvalue weighted by molar-refractivity contribution is 6.12. The van der Waals surface area contributed by atoms with E-state index in [0.29, 0.717) is 16.6 Å². The lowest BCUT2D eigenvalue weighted by molar-refractivity contribution is -0.140. The Morgan fingerprint density at radius 2 is 1.78 bits per heavy atom. The van der Waals surface area contributed by atoms with Crippen LogP contribution >= 0.6 is 0 Å². The molecule has 0 saturated heterocycles. The zero-order chi connectivity index (χ0) is 20.0. The molecule has 1 heterocycles. The van der Waals surface area contributed by atoms with Crippen molar-refractivity contribution in [3.05, 3.63) is 36.3 Å². The second-order valence-electron chi connectivity index (χ2n) is 5.77. The van der Waals surface area contributed by atoms with Gasteiger partial charge in [-0.3, -0.25) is 4.79 Å². The zero-order valence-electron chi connectivity index (χ0n) is 14.9. The van der Waals surface area contributed by atoms with Gasteiger partial charge in [-0.25, -0.2) is 19.6 Å². The minimum atomic E-state index is -1.58. The van der Waals surface area contributed by atoms with Crippen LogP contribution in [0.5, 0.6) is 0 Å². The number of rotatable bonds is 8. The molecule has 0 aliphatic heterocycles. The monoisotopic (exact) mass is 372 g/mol. The summed E-state index contributed by atoms with van der Waals surface area (Å²) in [4.78, 5) is 42.3. The van der Waals surface area contributed by atoms with Gasteiger partial charge in [-0.15, -0.1) is 0 Å². The third-order valence-electron chi connectivity index (χ3n) is 4.07. The van der Waals surface area contributed by atoms with Gasteiger partial charge in [0.05, 0.1) is 5.52 Å². The number of amides is 1. The third kappa shape index (κ3) is 4.78. The number of benzene rings is 1. The number of hydrogen-bond donors (Lipinski definition) is 4. The van der Waals surface area contributed by atoms with E-state index < -0.39 is 17.5 Å². The van der Waals surface area contributed by atoms with E-state index in [4.69, 9.17) is 10.2 Å². The van der Waals surface area contributed by atoms with E-state index in [0.717, 1.165) is 19.0 Å². The molecule has 27 heavy (non-hydrogen) atoms. The Morgan fingerprint density at radius 1 is 1.11 bits per heavy atom. The SMILES string of the molecule is CCC(CC)C(=O)Nc1ccc2ncnc(NC=C(C(=O)O)C(=O)O)c2c1. The van der Waals surface area contributed by atoms with E-state index in [1.54, 1.807) is 18.2 Å². The summed E-state index contributed by atoms with van der Waals surface area (Å²) in [5.74, 6) is -3.12. The van der Waals surface area contributed by atoms with Crippen LogP contribution in [-0.2, 0) is 14.4 Å². The van der Waals surface area contributed by atoms with Crippen LogP contribution in [-0.4, -0.2) is 38.0 Å². The molecule has 0 unspecified atom stereocenters. The molecule has 0 aliphatic rings. The van der Waals surface area contributed by atoms with Crippen molar-refractivity contribution < 1.29 is 24.6 Å². The van der Waals surface area contributed by atoms with Crippen LogP contribution in [0.15, 0.2) is 36.3 Å². The first-order valence-corrected chi connectivity index (χ1v) is 8.36. The first-order chi connectivity index (χ1) is 12.9. The number of aliphatic carboxylic acids is 2. The van der Waals surface area contributed by atoms with Gasteiger partial charge in [0, 0.05) is 23.2 Å². The summed E-state index contributed by atoms with van der Waals surface area (Å²) in [7, 11) is 0. The number of carboxylic acid groups (broad SMARTS) is 2. The van der Waals surface area contributed by atoms with Gasteiger partial charge in [0.15, 0.2) is 5.57 Å².